The van der Waals surface area contributed by atoms with E-state index in [1.54, 1.807) is 0 Å². The van der Waals surface area contributed by atoms with Crippen molar-refractivity contribution < 1.29 is 0 Å². The van der Waals surface area contributed by atoms with Crippen LogP contribution in [0.5, 0.6) is 0 Å². The van der Waals surface area contributed by atoms with Crippen LogP contribution in [0.25, 0.3) is 0 Å². The Morgan fingerprint density at radius 1 is 1.05 bits per heavy atom. The monoisotopic (exact) mass is 266 g/mol. The van der Waals surface area contributed by atoms with Crippen molar-refractivity contribution in [1.29, 1.82) is 0 Å². The summed E-state index contributed by atoms with van der Waals surface area (Å²) >= 11 is 0. The molecule has 1 aliphatic heterocycles. The van der Waals surface area contributed by atoms with Gasteiger partial charge in [0, 0.05) is 24.7 Å². The van der Waals surface area contributed by atoms with Crippen LogP contribution in [0.1, 0.15) is 59.8 Å². The molecule has 1 aliphatic carbocycles. The molecule has 0 bridgehead atoms. The summed E-state index contributed by atoms with van der Waals surface area (Å²) in [5.74, 6) is 2.66. The van der Waals surface area contributed by atoms with Gasteiger partial charge in [-0.1, -0.05) is 20.8 Å². The number of nitrogens with one attached hydrogen (secondary N) is 1. The number of likely N-dealkylation sites (tertiary alicyclic amines) is 1. The van der Waals surface area contributed by atoms with E-state index in [2.05, 4.69) is 45.0 Å². The lowest BCUT2D eigenvalue weighted by molar-refractivity contribution is 0.0213. The molecule has 1 N–H and O–H groups in total. The van der Waals surface area contributed by atoms with Crippen molar-refractivity contribution in [3.05, 3.63) is 0 Å². The average Bonchev–Trinajstić information content (AvgIpc) is 2.40. The van der Waals surface area contributed by atoms with Gasteiger partial charge in [0.25, 0.3) is 0 Å². The fraction of sp³-hybridized carbons (Fsp3) is 1.00. The second-order valence-corrected chi connectivity index (χ2v) is 7.51. The van der Waals surface area contributed by atoms with E-state index < -0.39 is 0 Å². The minimum absolute atomic E-state index is 0.711. The molecular weight excluding hydrogens is 232 g/mol. The molecule has 2 aliphatic rings. The van der Waals surface area contributed by atoms with Crippen LogP contribution in [0.2, 0.25) is 0 Å². The Morgan fingerprint density at radius 2 is 1.79 bits per heavy atom. The van der Waals surface area contributed by atoms with Crippen molar-refractivity contribution in [1.82, 2.24) is 10.2 Å². The Labute approximate surface area is 120 Å². The van der Waals surface area contributed by atoms with E-state index in [0.717, 1.165) is 29.8 Å². The molecule has 0 spiro atoms. The highest BCUT2D eigenvalue weighted by molar-refractivity contribution is 4.94. The van der Waals surface area contributed by atoms with Crippen LogP contribution in [0.15, 0.2) is 0 Å². The van der Waals surface area contributed by atoms with Gasteiger partial charge in [0.15, 0.2) is 0 Å². The molecular formula is C17H34N2. The van der Waals surface area contributed by atoms with Crippen LogP contribution in [-0.4, -0.2) is 36.6 Å². The van der Waals surface area contributed by atoms with Crippen LogP contribution in [0.4, 0.5) is 0 Å². The van der Waals surface area contributed by atoms with E-state index in [0.29, 0.717) is 6.04 Å². The maximum Gasteiger partial charge on any atom is 0.0254 e. The zero-order valence-corrected chi connectivity index (χ0v) is 13.7. The molecule has 0 aromatic heterocycles. The number of hydrogen-bond donors (Lipinski definition) is 1. The van der Waals surface area contributed by atoms with Gasteiger partial charge in [0.2, 0.25) is 0 Å². The summed E-state index contributed by atoms with van der Waals surface area (Å²) in [7, 11) is 2.16. The molecule has 19 heavy (non-hydrogen) atoms. The summed E-state index contributed by atoms with van der Waals surface area (Å²) in [6.07, 6.45) is 6.99. The second kappa shape index (κ2) is 6.58. The SMILES string of the molecule is CNC1CCC(C(C)C)CC1N1CC(C)CCC1C. The van der Waals surface area contributed by atoms with Gasteiger partial charge in [-0.05, 0) is 63.8 Å². The average molecular weight is 266 g/mol. The molecule has 0 aromatic carbocycles. The van der Waals surface area contributed by atoms with E-state index in [4.69, 9.17) is 0 Å². The summed E-state index contributed by atoms with van der Waals surface area (Å²) < 4.78 is 0. The van der Waals surface area contributed by atoms with Crippen molar-refractivity contribution in [2.45, 2.75) is 77.9 Å². The highest BCUT2D eigenvalue weighted by atomic mass is 15.2. The first-order chi connectivity index (χ1) is 9.02. The summed E-state index contributed by atoms with van der Waals surface area (Å²) in [4.78, 5) is 2.84. The molecule has 2 rings (SSSR count). The second-order valence-electron chi connectivity index (χ2n) is 7.51. The van der Waals surface area contributed by atoms with Gasteiger partial charge in [0.05, 0.1) is 0 Å². The van der Waals surface area contributed by atoms with Crippen molar-refractivity contribution in [2.24, 2.45) is 17.8 Å². The molecule has 0 aromatic rings. The molecule has 2 nitrogen and oxygen atoms in total. The lowest BCUT2D eigenvalue weighted by atomic mass is 9.75. The van der Waals surface area contributed by atoms with E-state index in [-0.39, 0.29) is 0 Å². The summed E-state index contributed by atoms with van der Waals surface area (Å²) in [5.41, 5.74) is 0. The summed E-state index contributed by atoms with van der Waals surface area (Å²) in [6, 6.07) is 2.26. The normalized spacial score (nSPS) is 41.7. The quantitative estimate of drug-likeness (QED) is 0.841. The van der Waals surface area contributed by atoms with Crippen LogP contribution in [0, 0.1) is 17.8 Å². The highest BCUT2D eigenvalue weighted by Crippen LogP contribution is 2.35. The first kappa shape index (κ1) is 15.3. The first-order valence-electron chi connectivity index (χ1n) is 8.46. The number of rotatable bonds is 3. The van der Waals surface area contributed by atoms with E-state index in [1.807, 2.05) is 0 Å². The minimum Gasteiger partial charge on any atom is -0.315 e. The Kier molecular flexibility index (Phi) is 5.30. The Balaban J connectivity index is 2.08. The number of nitrogens with zero attached hydrogens (tertiary/aromatic N) is 1. The van der Waals surface area contributed by atoms with E-state index >= 15 is 0 Å². The number of hydrogen-bond acceptors (Lipinski definition) is 2. The third-order valence-corrected chi connectivity index (χ3v) is 5.76. The molecule has 1 saturated carbocycles. The minimum atomic E-state index is 0.711. The fourth-order valence-electron chi connectivity index (χ4n) is 4.27. The predicted molar refractivity (Wildman–Crippen MR) is 83.4 cm³/mol. The largest absolute Gasteiger partial charge is 0.315 e. The van der Waals surface area contributed by atoms with Gasteiger partial charge >= 0.3 is 0 Å². The standard InChI is InChI=1S/C17H34N2/c1-12(2)15-8-9-16(18-5)17(10-15)19-11-13(3)6-7-14(19)4/h12-18H,6-11H2,1-5H3. The van der Waals surface area contributed by atoms with Crippen LogP contribution in [0.3, 0.4) is 0 Å². The Morgan fingerprint density at radius 3 is 2.42 bits per heavy atom. The molecule has 112 valence electrons. The van der Waals surface area contributed by atoms with Crippen molar-refractivity contribution >= 4 is 0 Å². The highest BCUT2D eigenvalue weighted by Gasteiger charge is 2.38. The molecule has 1 saturated heterocycles. The zero-order valence-electron chi connectivity index (χ0n) is 13.7. The van der Waals surface area contributed by atoms with Gasteiger partial charge in [-0.25, -0.2) is 0 Å². The molecule has 1 heterocycles. The maximum absolute atomic E-state index is 3.60. The lowest BCUT2D eigenvalue weighted by Gasteiger charge is -2.49. The smallest absolute Gasteiger partial charge is 0.0254 e. The van der Waals surface area contributed by atoms with E-state index in [9.17, 15) is 0 Å². The molecule has 0 amide bonds. The Hall–Kier alpha value is -0.0800. The van der Waals surface area contributed by atoms with Crippen molar-refractivity contribution in [3.63, 3.8) is 0 Å². The van der Waals surface area contributed by atoms with Crippen molar-refractivity contribution in [2.75, 3.05) is 13.6 Å². The lowest BCUT2D eigenvalue weighted by Crippen LogP contribution is -2.57. The van der Waals surface area contributed by atoms with Gasteiger partial charge in [0.1, 0.15) is 0 Å². The Bertz CT molecular complexity index is 276. The topological polar surface area (TPSA) is 15.3 Å². The van der Waals surface area contributed by atoms with Crippen LogP contribution in [-0.2, 0) is 0 Å². The van der Waals surface area contributed by atoms with Gasteiger partial charge in [-0.15, -0.1) is 0 Å². The molecule has 5 unspecified atom stereocenters. The third-order valence-electron chi connectivity index (χ3n) is 5.76. The first-order valence-corrected chi connectivity index (χ1v) is 8.46. The molecule has 5 atom stereocenters. The fourth-order valence-corrected chi connectivity index (χ4v) is 4.27. The molecule has 2 fully saturated rings. The van der Waals surface area contributed by atoms with Crippen LogP contribution >= 0.6 is 0 Å². The number of piperidine rings is 1. The van der Waals surface area contributed by atoms with Crippen LogP contribution < -0.4 is 5.32 Å². The molecule has 2 heteroatoms. The maximum atomic E-state index is 3.60. The predicted octanol–water partition coefficient (Wildman–Crippen LogP) is 3.52. The summed E-state index contributed by atoms with van der Waals surface area (Å²) in [6.45, 7) is 11.0. The molecule has 0 radical (unpaired) electrons. The van der Waals surface area contributed by atoms with Crippen molar-refractivity contribution in [3.8, 4) is 0 Å². The number of likely N-dealkylation sites (N-methyl/N-ethyl adjacent to an activating group) is 1. The van der Waals surface area contributed by atoms with Gasteiger partial charge < -0.3 is 5.32 Å². The van der Waals surface area contributed by atoms with Gasteiger partial charge in [-0.2, -0.15) is 0 Å². The third kappa shape index (κ3) is 3.52. The van der Waals surface area contributed by atoms with E-state index in [1.165, 1.54) is 38.6 Å². The van der Waals surface area contributed by atoms with Gasteiger partial charge in [-0.3, -0.25) is 4.90 Å². The summed E-state index contributed by atoms with van der Waals surface area (Å²) in [5, 5.41) is 3.60. The zero-order chi connectivity index (χ0) is 14.0.